The van der Waals surface area contributed by atoms with E-state index in [1.165, 1.54) is 12.1 Å². The van der Waals surface area contributed by atoms with Gasteiger partial charge in [0.25, 0.3) is 0 Å². The Morgan fingerprint density at radius 3 is 2.24 bits per heavy atom. The van der Waals surface area contributed by atoms with Gasteiger partial charge in [-0.15, -0.1) is 0 Å². The zero-order valence-electron chi connectivity index (χ0n) is 17.3. The van der Waals surface area contributed by atoms with Gasteiger partial charge in [0.1, 0.15) is 11.3 Å². The molecule has 0 atom stereocenters. The maximum atomic E-state index is 12.5. The molecule has 2 rings (SSSR count). The molecule has 0 aliphatic carbocycles. The van der Waals surface area contributed by atoms with Crippen molar-refractivity contribution in [3.05, 3.63) is 70.6 Å². The maximum absolute atomic E-state index is 12.5. The lowest BCUT2D eigenvalue weighted by Gasteiger charge is -2.19. The van der Waals surface area contributed by atoms with Crippen molar-refractivity contribution in [1.29, 1.82) is 0 Å². The largest absolute Gasteiger partial charge is 0.461 e. The normalized spacial score (nSPS) is 11.3. The summed E-state index contributed by atoms with van der Waals surface area (Å²) >= 11 is 0. The molecule has 29 heavy (non-hydrogen) atoms. The van der Waals surface area contributed by atoms with Crippen molar-refractivity contribution >= 4 is 23.8 Å². The summed E-state index contributed by atoms with van der Waals surface area (Å²) in [6.45, 7) is 9.07. The first-order valence-electron chi connectivity index (χ1n) is 9.30. The first-order chi connectivity index (χ1) is 13.6. The summed E-state index contributed by atoms with van der Waals surface area (Å²) in [6.07, 6.45) is 3.05. The third kappa shape index (κ3) is 6.68. The molecule has 6 nitrogen and oxygen atoms in total. The molecule has 0 saturated carbocycles. The van der Waals surface area contributed by atoms with Gasteiger partial charge in [-0.2, -0.15) is 0 Å². The highest BCUT2D eigenvalue weighted by Crippen LogP contribution is 2.14. The monoisotopic (exact) mass is 395 g/mol. The van der Waals surface area contributed by atoms with E-state index in [4.69, 9.17) is 9.47 Å². The van der Waals surface area contributed by atoms with E-state index >= 15 is 0 Å². The fourth-order valence-corrected chi connectivity index (χ4v) is 2.46. The molecule has 0 aliphatic rings. The lowest BCUT2D eigenvalue weighted by molar-refractivity contribution is 0.00692. The highest BCUT2D eigenvalue weighted by Gasteiger charge is 2.17. The van der Waals surface area contributed by atoms with Gasteiger partial charge in [0, 0.05) is 11.3 Å². The van der Waals surface area contributed by atoms with Gasteiger partial charge in [-0.1, -0.05) is 18.2 Å². The zero-order valence-corrected chi connectivity index (χ0v) is 17.3. The Bertz CT molecular complexity index is 937. The number of ketones is 1. The van der Waals surface area contributed by atoms with Gasteiger partial charge >= 0.3 is 11.9 Å². The van der Waals surface area contributed by atoms with Crippen LogP contribution in [0.15, 0.2) is 42.5 Å². The van der Waals surface area contributed by atoms with E-state index in [1.54, 1.807) is 50.3 Å². The molecule has 1 heterocycles. The van der Waals surface area contributed by atoms with E-state index in [2.05, 4.69) is 4.98 Å². The third-order valence-electron chi connectivity index (χ3n) is 3.69. The standard InChI is InChI=1S/C23H25NO5/c1-6-28-22(27)19-14-18(13-15(2)24-19)20(25)12-9-16-7-10-17(11-8-16)21(26)29-23(3,4)5/h7-14H,6H2,1-5H3/b12-9+. The average Bonchev–Trinajstić information content (AvgIpc) is 2.64. The average molecular weight is 395 g/mol. The van der Waals surface area contributed by atoms with Crippen LogP contribution in [-0.4, -0.2) is 34.9 Å². The van der Waals surface area contributed by atoms with Crippen molar-refractivity contribution in [3.8, 4) is 0 Å². The second kappa shape index (κ2) is 9.28. The SMILES string of the molecule is CCOC(=O)c1cc(C(=O)/C=C/c2ccc(C(=O)OC(C)(C)C)cc2)cc(C)n1. The topological polar surface area (TPSA) is 82.6 Å². The summed E-state index contributed by atoms with van der Waals surface area (Å²) in [5.74, 6) is -1.23. The van der Waals surface area contributed by atoms with Crippen LogP contribution in [0.4, 0.5) is 0 Å². The summed E-state index contributed by atoms with van der Waals surface area (Å²) in [4.78, 5) is 40.5. The van der Waals surface area contributed by atoms with Gasteiger partial charge in [-0.25, -0.2) is 14.6 Å². The number of hydrogen-bond acceptors (Lipinski definition) is 6. The Labute approximate surface area is 170 Å². The van der Waals surface area contributed by atoms with Gasteiger partial charge in [0.15, 0.2) is 5.78 Å². The molecule has 1 aromatic heterocycles. The maximum Gasteiger partial charge on any atom is 0.356 e. The molecule has 0 fully saturated rings. The minimum atomic E-state index is -0.563. The summed E-state index contributed by atoms with van der Waals surface area (Å²) < 4.78 is 10.3. The Hall–Kier alpha value is -3.28. The van der Waals surface area contributed by atoms with Gasteiger partial charge in [0.2, 0.25) is 0 Å². The molecule has 6 heteroatoms. The number of pyridine rings is 1. The summed E-state index contributed by atoms with van der Waals surface area (Å²) in [5.41, 5.74) is 1.63. The van der Waals surface area contributed by atoms with E-state index in [1.807, 2.05) is 20.8 Å². The minimum absolute atomic E-state index is 0.102. The predicted molar refractivity (Wildman–Crippen MR) is 110 cm³/mol. The van der Waals surface area contributed by atoms with Crippen LogP contribution in [0.2, 0.25) is 0 Å². The highest BCUT2D eigenvalue weighted by molar-refractivity contribution is 6.07. The third-order valence-corrected chi connectivity index (χ3v) is 3.69. The van der Waals surface area contributed by atoms with Gasteiger partial charge in [-0.3, -0.25) is 4.79 Å². The number of hydrogen-bond donors (Lipinski definition) is 0. The number of rotatable bonds is 6. The molecule has 0 N–H and O–H groups in total. The first-order valence-corrected chi connectivity index (χ1v) is 9.30. The van der Waals surface area contributed by atoms with E-state index in [0.717, 1.165) is 5.56 Å². The van der Waals surface area contributed by atoms with Crippen molar-refractivity contribution in [2.24, 2.45) is 0 Å². The number of ether oxygens (including phenoxy) is 2. The molecular formula is C23H25NO5. The highest BCUT2D eigenvalue weighted by atomic mass is 16.6. The minimum Gasteiger partial charge on any atom is -0.461 e. The molecule has 0 spiro atoms. The van der Waals surface area contributed by atoms with Gasteiger partial charge < -0.3 is 9.47 Å². The molecule has 0 unspecified atom stereocenters. The molecular weight excluding hydrogens is 370 g/mol. The van der Waals surface area contributed by atoms with Crippen LogP contribution in [-0.2, 0) is 9.47 Å². The number of esters is 2. The summed E-state index contributed by atoms with van der Waals surface area (Å²) in [5, 5.41) is 0. The molecule has 2 aromatic rings. The Morgan fingerprint density at radius 2 is 1.66 bits per heavy atom. The number of benzene rings is 1. The number of carbonyl (C=O) groups excluding carboxylic acids is 3. The summed E-state index contributed by atoms with van der Waals surface area (Å²) in [6, 6.07) is 9.78. The smallest absolute Gasteiger partial charge is 0.356 e. The predicted octanol–water partition coefficient (Wildman–Crippen LogP) is 4.42. The van der Waals surface area contributed by atoms with Crippen molar-refractivity contribution < 1.29 is 23.9 Å². The second-order valence-electron chi connectivity index (χ2n) is 7.42. The van der Waals surface area contributed by atoms with Crippen LogP contribution >= 0.6 is 0 Å². The Morgan fingerprint density at radius 1 is 1.00 bits per heavy atom. The van der Waals surface area contributed by atoms with Crippen LogP contribution in [0.5, 0.6) is 0 Å². The fraction of sp³-hybridized carbons (Fsp3) is 0.304. The fourth-order valence-electron chi connectivity index (χ4n) is 2.46. The quantitative estimate of drug-likeness (QED) is 0.409. The van der Waals surface area contributed by atoms with Crippen molar-refractivity contribution in [1.82, 2.24) is 4.98 Å². The van der Waals surface area contributed by atoms with E-state index in [9.17, 15) is 14.4 Å². The molecule has 0 amide bonds. The Balaban J connectivity index is 2.13. The van der Waals surface area contributed by atoms with Crippen LogP contribution < -0.4 is 0 Å². The molecule has 0 radical (unpaired) electrons. The number of allylic oxidation sites excluding steroid dienone is 1. The summed E-state index contributed by atoms with van der Waals surface area (Å²) in [7, 11) is 0. The number of nitrogens with zero attached hydrogens (tertiary/aromatic N) is 1. The lowest BCUT2D eigenvalue weighted by atomic mass is 10.1. The van der Waals surface area contributed by atoms with Crippen LogP contribution in [0, 0.1) is 6.92 Å². The molecule has 152 valence electrons. The van der Waals surface area contributed by atoms with Gasteiger partial charge in [0.05, 0.1) is 12.2 Å². The molecule has 1 aromatic carbocycles. The van der Waals surface area contributed by atoms with E-state index in [-0.39, 0.29) is 18.1 Å². The van der Waals surface area contributed by atoms with Crippen LogP contribution in [0.25, 0.3) is 6.08 Å². The van der Waals surface area contributed by atoms with Crippen molar-refractivity contribution in [2.45, 2.75) is 40.2 Å². The van der Waals surface area contributed by atoms with Crippen molar-refractivity contribution in [3.63, 3.8) is 0 Å². The zero-order chi connectivity index (χ0) is 21.6. The molecule has 0 aliphatic heterocycles. The van der Waals surface area contributed by atoms with E-state index < -0.39 is 17.5 Å². The molecule has 0 saturated heterocycles. The Kier molecular flexibility index (Phi) is 7.04. The number of aryl methyl sites for hydroxylation is 1. The van der Waals surface area contributed by atoms with Crippen molar-refractivity contribution in [2.75, 3.05) is 6.61 Å². The van der Waals surface area contributed by atoms with Crippen LogP contribution in [0.3, 0.4) is 0 Å². The van der Waals surface area contributed by atoms with E-state index in [0.29, 0.717) is 16.8 Å². The number of aromatic nitrogens is 1. The van der Waals surface area contributed by atoms with Gasteiger partial charge in [-0.05, 0) is 70.5 Å². The second-order valence-corrected chi connectivity index (χ2v) is 7.42. The first kappa shape index (κ1) is 22.0. The van der Waals surface area contributed by atoms with Crippen LogP contribution in [0.1, 0.15) is 70.2 Å². The molecule has 0 bridgehead atoms. The number of carbonyl (C=O) groups is 3. The lowest BCUT2D eigenvalue weighted by Crippen LogP contribution is -2.23.